The van der Waals surface area contributed by atoms with Crippen LogP contribution in [0.5, 0.6) is 0 Å². The number of nitrogens with one attached hydrogen (secondary N) is 3. The van der Waals surface area contributed by atoms with Crippen molar-refractivity contribution in [1.29, 1.82) is 0 Å². The molecular formula is C15H24N4O3. The number of hydrogen-bond acceptors (Lipinski definition) is 4. The normalized spacial score (nSPS) is 32.0. The van der Waals surface area contributed by atoms with Gasteiger partial charge in [-0.2, -0.15) is 0 Å². The van der Waals surface area contributed by atoms with E-state index in [9.17, 15) is 14.4 Å². The third kappa shape index (κ3) is 2.58. The Morgan fingerprint density at radius 1 is 1.36 bits per heavy atom. The van der Waals surface area contributed by atoms with Gasteiger partial charge in [-0.15, -0.1) is 0 Å². The van der Waals surface area contributed by atoms with Gasteiger partial charge in [0, 0.05) is 25.6 Å². The van der Waals surface area contributed by atoms with Gasteiger partial charge in [0.15, 0.2) is 0 Å². The summed E-state index contributed by atoms with van der Waals surface area (Å²) >= 11 is 0. The second kappa shape index (κ2) is 5.87. The Morgan fingerprint density at radius 2 is 2.14 bits per heavy atom. The number of amides is 4. The molecular weight excluding hydrogens is 284 g/mol. The van der Waals surface area contributed by atoms with Gasteiger partial charge in [-0.05, 0) is 18.8 Å². The fourth-order valence-electron chi connectivity index (χ4n) is 3.59. The predicted octanol–water partition coefficient (Wildman–Crippen LogP) is -0.177. The summed E-state index contributed by atoms with van der Waals surface area (Å²) in [6.07, 6.45) is 3.62. The van der Waals surface area contributed by atoms with Crippen molar-refractivity contribution in [2.75, 3.05) is 26.2 Å². The topological polar surface area (TPSA) is 90.5 Å². The van der Waals surface area contributed by atoms with E-state index in [4.69, 9.17) is 0 Å². The molecule has 0 aromatic rings. The summed E-state index contributed by atoms with van der Waals surface area (Å²) in [4.78, 5) is 37.9. The van der Waals surface area contributed by atoms with Crippen LogP contribution < -0.4 is 16.0 Å². The summed E-state index contributed by atoms with van der Waals surface area (Å²) in [6, 6.07) is -0.431. The second-order valence-electron chi connectivity index (χ2n) is 6.77. The molecule has 3 N–H and O–H groups in total. The molecule has 7 heteroatoms. The molecule has 3 fully saturated rings. The van der Waals surface area contributed by atoms with E-state index in [2.05, 4.69) is 16.0 Å². The minimum Gasteiger partial charge on any atom is -0.354 e. The molecule has 0 radical (unpaired) electrons. The molecule has 1 spiro atoms. The molecule has 2 atom stereocenters. The number of imide groups is 1. The quantitative estimate of drug-likeness (QED) is 0.629. The molecule has 2 unspecified atom stereocenters. The number of carbonyl (C=O) groups is 3. The molecule has 2 heterocycles. The van der Waals surface area contributed by atoms with Crippen molar-refractivity contribution >= 4 is 17.8 Å². The molecule has 2 saturated heterocycles. The average Bonchev–Trinajstić information content (AvgIpc) is 2.66. The van der Waals surface area contributed by atoms with E-state index >= 15 is 0 Å². The summed E-state index contributed by atoms with van der Waals surface area (Å²) in [5.74, 6) is 0.0738. The van der Waals surface area contributed by atoms with Crippen LogP contribution in [-0.4, -0.2) is 54.5 Å². The van der Waals surface area contributed by atoms with Gasteiger partial charge in [0.2, 0.25) is 5.91 Å². The standard InChI is InChI=1S/C15H24N4O3/c1-10-4-2-3-5-15(10)13(21)19(14(22)18-15)9-12(20)17-8-11-6-16-7-11/h10-11,16H,2-9H2,1H3,(H,17,20)(H,18,22). The maximum Gasteiger partial charge on any atom is 0.325 e. The Kier molecular flexibility index (Phi) is 4.08. The minimum atomic E-state index is -0.784. The molecule has 4 amide bonds. The third-order valence-corrected chi connectivity index (χ3v) is 5.26. The Labute approximate surface area is 130 Å². The monoisotopic (exact) mass is 308 g/mol. The molecule has 0 aromatic carbocycles. The zero-order chi connectivity index (χ0) is 15.7. The maximum atomic E-state index is 12.7. The summed E-state index contributed by atoms with van der Waals surface area (Å²) in [5, 5.41) is 8.80. The van der Waals surface area contributed by atoms with E-state index < -0.39 is 11.6 Å². The highest BCUT2D eigenvalue weighted by Crippen LogP contribution is 2.38. The van der Waals surface area contributed by atoms with E-state index in [1.165, 1.54) is 0 Å². The van der Waals surface area contributed by atoms with Gasteiger partial charge in [-0.1, -0.05) is 19.8 Å². The smallest absolute Gasteiger partial charge is 0.325 e. The van der Waals surface area contributed by atoms with E-state index in [-0.39, 0.29) is 24.3 Å². The SMILES string of the molecule is CC1CCCCC12NC(=O)N(CC(=O)NCC1CNC1)C2=O. The van der Waals surface area contributed by atoms with Crippen molar-refractivity contribution in [3.05, 3.63) is 0 Å². The third-order valence-electron chi connectivity index (χ3n) is 5.26. The number of rotatable bonds is 4. The fraction of sp³-hybridized carbons (Fsp3) is 0.800. The highest BCUT2D eigenvalue weighted by atomic mass is 16.2. The first-order valence-corrected chi connectivity index (χ1v) is 8.14. The molecule has 3 rings (SSSR count). The number of hydrogen-bond donors (Lipinski definition) is 3. The van der Waals surface area contributed by atoms with Gasteiger partial charge in [0.25, 0.3) is 5.91 Å². The highest BCUT2D eigenvalue weighted by Gasteiger charge is 2.55. The first kappa shape index (κ1) is 15.3. The summed E-state index contributed by atoms with van der Waals surface area (Å²) in [5.41, 5.74) is -0.784. The molecule has 3 aliphatic rings. The lowest BCUT2D eigenvalue weighted by molar-refractivity contribution is -0.137. The van der Waals surface area contributed by atoms with Gasteiger partial charge in [0.1, 0.15) is 12.1 Å². The van der Waals surface area contributed by atoms with E-state index in [0.717, 1.165) is 37.3 Å². The van der Waals surface area contributed by atoms with Crippen LogP contribution in [0.25, 0.3) is 0 Å². The molecule has 1 aliphatic carbocycles. The summed E-state index contributed by atoms with van der Waals surface area (Å²) in [7, 11) is 0. The van der Waals surface area contributed by atoms with Gasteiger partial charge in [-0.25, -0.2) is 4.79 Å². The van der Waals surface area contributed by atoms with E-state index in [1.807, 2.05) is 6.92 Å². The van der Waals surface area contributed by atoms with Crippen molar-refractivity contribution in [2.24, 2.45) is 11.8 Å². The fourth-order valence-corrected chi connectivity index (χ4v) is 3.59. The van der Waals surface area contributed by atoms with E-state index in [0.29, 0.717) is 18.9 Å². The highest BCUT2D eigenvalue weighted by molar-refractivity contribution is 6.09. The lowest BCUT2D eigenvalue weighted by Crippen LogP contribution is -2.54. The van der Waals surface area contributed by atoms with Crippen LogP contribution in [0.2, 0.25) is 0 Å². The first-order valence-electron chi connectivity index (χ1n) is 8.14. The number of carbonyl (C=O) groups excluding carboxylic acids is 3. The summed E-state index contributed by atoms with van der Waals surface area (Å²) < 4.78 is 0. The minimum absolute atomic E-state index is 0.117. The van der Waals surface area contributed by atoms with Gasteiger partial charge in [0.05, 0.1) is 0 Å². The van der Waals surface area contributed by atoms with Gasteiger partial charge < -0.3 is 16.0 Å². The van der Waals surface area contributed by atoms with Crippen molar-refractivity contribution in [1.82, 2.24) is 20.9 Å². The van der Waals surface area contributed by atoms with Crippen LogP contribution >= 0.6 is 0 Å². The van der Waals surface area contributed by atoms with Crippen molar-refractivity contribution in [2.45, 2.75) is 38.1 Å². The molecule has 122 valence electrons. The van der Waals surface area contributed by atoms with Gasteiger partial charge >= 0.3 is 6.03 Å². The van der Waals surface area contributed by atoms with Crippen LogP contribution in [0.15, 0.2) is 0 Å². The molecule has 1 saturated carbocycles. The van der Waals surface area contributed by atoms with Crippen molar-refractivity contribution in [3.63, 3.8) is 0 Å². The zero-order valence-corrected chi connectivity index (χ0v) is 13.0. The average molecular weight is 308 g/mol. The molecule has 2 aliphatic heterocycles. The molecule has 0 aromatic heterocycles. The van der Waals surface area contributed by atoms with E-state index in [1.54, 1.807) is 0 Å². The van der Waals surface area contributed by atoms with Crippen LogP contribution in [-0.2, 0) is 9.59 Å². The van der Waals surface area contributed by atoms with Crippen LogP contribution in [0.3, 0.4) is 0 Å². The Morgan fingerprint density at radius 3 is 2.77 bits per heavy atom. The van der Waals surface area contributed by atoms with Crippen molar-refractivity contribution < 1.29 is 14.4 Å². The molecule has 7 nitrogen and oxygen atoms in total. The predicted molar refractivity (Wildman–Crippen MR) is 80.0 cm³/mol. The largest absolute Gasteiger partial charge is 0.354 e. The molecule has 0 bridgehead atoms. The van der Waals surface area contributed by atoms with Crippen LogP contribution in [0, 0.1) is 11.8 Å². The first-order chi connectivity index (χ1) is 10.5. The van der Waals surface area contributed by atoms with Crippen molar-refractivity contribution in [3.8, 4) is 0 Å². The maximum absolute atomic E-state index is 12.7. The second-order valence-corrected chi connectivity index (χ2v) is 6.77. The van der Waals surface area contributed by atoms with Crippen LogP contribution in [0.4, 0.5) is 4.79 Å². The van der Waals surface area contributed by atoms with Gasteiger partial charge in [-0.3, -0.25) is 14.5 Å². The Hall–Kier alpha value is -1.63. The lowest BCUT2D eigenvalue weighted by atomic mass is 9.73. The summed E-state index contributed by atoms with van der Waals surface area (Å²) in [6.45, 7) is 4.23. The number of nitrogens with zero attached hydrogens (tertiary/aromatic N) is 1. The zero-order valence-electron chi connectivity index (χ0n) is 13.0. The number of urea groups is 1. The Bertz CT molecular complexity index is 491. The lowest BCUT2D eigenvalue weighted by Gasteiger charge is -2.36. The Balaban J connectivity index is 1.60. The molecule has 22 heavy (non-hydrogen) atoms. The van der Waals surface area contributed by atoms with Crippen LogP contribution in [0.1, 0.15) is 32.6 Å².